The van der Waals surface area contributed by atoms with Crippen molar-refractivity contribution in [2.24, 2.45) is 0 Å². The van der Waals surface area contributed by atoms with Crippen molar-refractivity contribution in [3.8, 4) is 40.2 Å². The fourth-order valence-corrected chi connectivity index (χ4v) is 15.8. The molecular weight excluding hydrogens is 1680 g/mol. The number of aliphatic hydroxyl groups excluding tert-OH is 2. The lowest BCUT2D eigenvalue weighted by Gasteiger charge is -2.26. The SMILES string of the molecule is CCN(CC)CCCC(=O)c1ccc(/C=C2\C(=O)N(Cc3ncc(C)c(OC)c3C)c3nc(N)nc(Cl)c32)[nH]1.COc1c(Cl)cc(CN2C(=O)/C(=C\c3cc(C(=O)NCCN4CCCCC4)c[nH]3)c3c(Cl)nc(N)nc32)c(OC)c1OC.COc1c(Cl)cc(CN2C(=O)/C(=C\c3cc(C(=O)NC[C@H](O)CO)c[nH]3)c3c(Cl)nc(N)nc32)c(OC)c1OC. The predicted octanol–water partition coefficient (Wildman–Crippen LogP) is 10.4. The number of hydrogen-bond acceptors (Lipinski definition) is 27. The Morgan fingerprint density at radius 2 is 1.01 bits per heavy atom. The second-order valence-corrected chi connectivity index (χ2v) is 30.0. The molecule has 4 aliphatic heterocycles. The average Bonchev–Trinajstić information content (AvgIpc) is 1.61. The first-order valence-corrected chi connectivity index (χ1v) is 40.4. The number of ether oxygens (including phenoxy) is 7. The van der Waals surface area contributed by atoms with Crippen LogP contribution in [0.2, 0.25) is 25.5 Å². The zero-order valence-electron chi connectivity index (χ0n) is 68.7. The summed E-state index contributed by atoms with van der Waals surface area (Å²) in [7, 11) is 10.3. The molecule has 9 aromatic rings. The second-order valence-electron chi connectivity index (χ2n) is 28.1. The van der Waals surface area contributed by atoms with Gasteiger partial charge in [-0.05, 0) is 120 Å². The summed E-state index contributed by atoms with van der Waals surface area (Å²) in [5.74, 6) is 1.00. The minimum Gasteiger partial charge on any atom is -0.496 e. The van der Waals surface area contributed by atoms with Crippen molar-refractivity contribution in [2.75, 3.05) is 141 Å². The highest BCUT2D eigenvalue weighted by Gasteiger charge is 2.42. The van der Waals surface area contributed by atoms with Crippen molar-refractivity contribution >= 4 is 164 Å². The van der Waals surface area contributed by atoms with Crippen molar-refractivity contribution in [1.29, 1.82) is 0 Å². The molecule has 1 fully saturated rings. The molecule has 122 heavy (non-hydrogen) atoms. The molecule has 11 heterocycles. The molecule has 7 aromatic heterocycles. The first-order valence-electron chi connectivity index (χ1n) is 38.5. The minimum atomic E-state index is -1.09. The molecule has 13 rings (SSSR count). The maximum absolute atomic E-state index is 13.9. The van der Waals surface area contributed by atoms with E-state index in [0.717, 1.165) is 56.8 Å². The molecule has 1 atom stereocenters. The van der Waals surface area contributed by atoms with Crippen LogP contribution in [0.1, 0.15) is 139 Å². The van der Waals surface area contributed by atoms with Crippen LogP contribution in [0.5, 0.6) is 40.2 Å². The van der Waals surface area contributed by atoms with Crippen molar-refractivity contribution in [1.82, 2.24) is 70.3 Å². The third-order valence-electron chi connectivity index (χ3n) is 20.5. The Morgan fingerprint density at radius 3 is 1.44 bits per heavy atom. The number of nitrogen functional groups attached to an aromatic ring is 3. The van der Waals surface area contributed by atoms with Crippen molar-refractivity contribution < 1.29 is 72.1 Å². The summed E-state index contributed by atoms with van der Waals surface area (Å²) in [6.07, 6.45) is 13.3. The molecule has 0 aliphatic carbocycles. The number of amides is 5. The number of aromatic nitrogens is 10. The summed E-state index contributed by atoms with van der Waals surface area (Å²) in [5.41, 5.74) is 25.4. The molecule has 646 valence electrons. The number of pyridine rings is 1. The number of nitrogens with zero attached hydrogens (tertiary/aromatic N) is 12. The topological polar surface area (TPSA) is 463 Å². The molecule has 2 aromatic carbocycles. The molecule has 40 heteroatoms. The van der Waals surface area contributed by atoms with E-state index in [1.165, 1.54) is 95.0 Å². The number of Topliss-reactive ketones (excluding diaryl/α,β-unsaturated/α-hetero) is 1. The van der Waals surface area contributed by atoms with Gasteiger partial charge < -0.3 is 96.0 Å². The zero-order valence-corrected chi connectivity index (χ0v) is 72.5. The molecule has 35 nitrogen and oxygen atoms in total. The van der Waals surface area contributed by atoms with E-state index in [1.807, 2.05) is 13.8 Å². The van der Waals surface area contributed by atoms with Crippen LogP contribution < -0.4 is 75.7 Å². The van der Waals surface area contributed by atoms with E-state index in [2.05, 4.69) is 84.1 Å². The van der Waals surface area contributed by atoms with Crippen LogP contribution in [-0.2, 0) is 34.0 Å². The van der Waals surface area contributed by atoms with E-state index in [9.17, 15) is 33.9 Å². The van der Waals surface area contributed by atoms with Gasteiger partial charge in [-0.2, -0.15) is 15.0 Å². The largest absolute Gasteiger partial charge is 0.496 e. The molecule has 0 unspecified atom stereocenters. The monoisotopic (exact) mass is 1770 g/mol. The molecule has 13 N–H and O–H groups in total. The number of fused-ring (bicyclic) bond motifs is 3. The fraction of sp³-hybridized carbons (Fsp3) is 0.354. The van der Waals surface area contributed by atoms with Crippen LogP contribution in [-0.4, -0.2) is 220 Å². The molecule has 0 bridgehead atoms. The number of aromatic amines is 3. The molecule has 4 aliphatic rings. The van der Waals surface area contributed by atoms with E-state index in [0.29, 0.717) is 104 Å². The summed E-state index contributed by atoms with van der Waals surface area (Å²) in [5, 5.41) is 24.4. The smallest absolute Gasteiger partial charge is 0.260 e. The van der Waals surface area contributed by atoms with Gasteiger partial charge in [-0.3, -0.25) is 48.5 Å². The fourth-order valence-electron chi connectivity index (χ4n) is 14.4. The number of carbonyl (C=O) groups is 6. The Morgan fingerprint density at radius 1 is 0.574 bits per heavy atom. The third-order valence-corrected chi connectivity index (χ3v) is 21.8. The van der Waals surface area contributed by atoms with Gasteiger partial charge in [0.05, 0.1) is 148 Å². The number of aryl methyl sites for hydroxylation is 1. The number of aliphatic hydroxyl groups is 2. The van der Waals surface area contributed by atoms with Crippen LogP contribution in [0.4, 0.5) is 35.3 Å². The number of nitrogens with two attached hydrogens (primary N) is 3. The van der Waals surface area contributed by atoms with E-state index in [-0.39, 0.29) is 138 Å². The summed E-state index contributed by atoms with van der Waals surface area (Å²) in [6, 6.07) is 9.89. The van der Waals surface area contributed by atoms with Gasteiger partial charge in [0, 0.05) is 84.0 Å². The van der Waals surface area contributed by atoms with E-state index >= 15 is 0 Å². The van der Waals surface area contributed by atoms with Crippen LogP contribution in [0, 0.1) is 13.8 Å². The molecule has 5 amide bonds. The Labute approximate surface area is 727 Å². The van der Waals surface area contributed by atoms with Crippen molar-refractivity contribution in [3.63, 3.8) is 0 Å². The summed E-state index contributed by atoms with van der Waals surface area (Å²) in [4.78, 5) is 127. The van der Waals surface area contributed by atoms with E-state index in [1.54, 1.807) is 62.0 Å². The molecule has 1 saturated heterocycles. The lowest BCUT2D eigenvalue weighted by Crippen LogP contribution is -2.37. The average molecular weight is 1780 g/mol. The van der Waals surface area contributed by atoms with Gasteiger partial charge in [-0.25, -0.2) is 15.0 Å². The number of halogens is 5. The maximum Gasteiger partial charge on any atom is 0.260 e. The van der Waals surface area contributed by atoms with E-state index in [4.69, 9.17) is 113 Å². The molecule has 0 spiro atoms. The summed E-state index contributed by atoms with van der Waals surface area (Å²) < 4.78 is 38.4. The number of likely N-dealkylation sites (tertiary alicyclic amines) is 1. The predicted molar refractivity (Wildman–Crippen MR) is 466 cm³/mol. The molecule has 0 radical (unpaired) electrons. The molecular formula is C82H93Cl5N20O15. The highest BCUT2D eigenvalue weighted by atomic mass is 35.5. The Bertz CT molecular complexity index is 5550. The van der Waals surface area contributed by atoms with Crippen molar-refractivity contribution in [2.45, 2.75) is 85.5 Å². The van der Waals surface area contributed by atoms with Gasteiger partial charge in [-0.15, -0.1) is 0 Å². The van der Waals surface area contributed by atoms with Crippen molar-refractivity contribution in [3.05, 3.63) is 159 Å². The lowest BCUT2D eigenvalue weighted by molar-refractivity contribution is -0.113. The molecule has 0 saturated carbocycles. The Balaban J connectivity index is 0.000000179. The minimum absolute atomic E-state index is 0.00535. The number of methoxy groups -OCH3 is 7. The van der Waals surface area contributed by atoms with Crippen LogP contribution in [0.25, 0.3) is 34.9 Å². The number of H-pyrrole nitrogens is 3. The highest BCUT2D eigenvalue weighted by Crippen LogP contribution is 2.51. The normalized spacial score (nSPS) is 14.8. The van der Waals surface area contributed by atoms with Gasteiger partial charge in [-0.1, -0.05) is 78.3 Å². The van der Waals surface area contributed by atoms with Crippen LogP contribution >= 0.6 is 58.0 Å². The Hall–Kier alpha value is -11.8. The summed E-state index contributed by atoms with van der Waals surface area (Å²) in [6.45, 7) is 13.8. The van der Waals surface area contributed by atoms with Gasteiger partial charge in [0.25, 0.3) is 29.5 Å². The second kappa shape index (κ2) is 40.7. The number of carbonyl (C=O) groups excluding carboxylic acids is 6. The van der Waals surface area contributed by atoms with Crippen LogP contribution in [0.3, 0.4) is 0 Å². The standard InChI is InChI=1S/C29H33Cl2N7O5.C28H34ClN7O3.C25H26Cl2N6O7/c1-41-22-17(12-20(30)23(42-2)24(22)43-3)15-38-26-21(25(31)35-29(32)36-26)19(28(38)40)13-18-11-16(14-34-18)27(39)33-7-10-37-8-5-4-6-9-37;1-6-35(7-2)12-8-9-22(37)20-11-10-18(32-20)13-19-23-25(29)33-28(30)34-26(23)36(27(19)38)15-21-17(4)24(39-5)16(3)14-31-21;1-38-18-12(5-16(26)19(39-2)20(18)40-3)9-33-22-17(21(27)31-25(28)32-22)15(24(33)37)6-13-4-11(7-29-13)23(36)30-8-14(35)10-34/h11-14,34H,4-10,15H2,1-3H3,(H,33,39)(H2,32,35,36);10-11,13-14,32H,6-9,12,15H2,1-5H3,(H2,30,33,34);4-7,14,29,34-35H,8-10H2,1-3H3,(H,30,36)(H2,28,31,32)/b2*19-13-;15-6-/t;;14-/m..0/s1. The van der Waals surface area contributed by atoms with Gasteiger partial charge in [0.1, 0.15) is 21.2 Å². The number of benzene rings is 2. The number of piperidine rings is 1. The summed E-state index contributed by atoms with van der Waals surface area (Å²) >= 11 is 32.3. The van der Waals surface area contributed by atoms with Gasteiger partial charge in [0.15, 0.2) is 46.2 Å². The quantitative estimate of drug-likeness (QED) is 0.0110. The maximum atomic E-state index is 13.9. The lowest BCUT2D eigenvalue weighted by atomic mass is 10.1. The van der Waals surface area contributed by atoms with E-state index < -0.39 is 30.4 Å². The van der Waals surface area contributed by atoms with Crippen LogP contribution in [0.15, 0.2) is 55.0 Å². The Kier molecular flexibility index (Phi) is 30.4. The third kappa shape index (κ3) is 20.0. The first-order chi connectivity index (χ1) is 58.5. The number of anilines is 6. The number of nitrogens with one attached hydrogen (secondary N) is 5. The number of ketones is 1. The first kappa shape index (κ1) is 91.0. The van der Waals surface area contributed by atoms with Gasteiger partial charge in [0.2, 0.25) is 29.3 Å². The van der Waals surface area contributed by atoms with Gasteiger partial charge >= 0.3 is 0 Å². The zero-order chi connectivity index (χ0) is 88.1. The highest BCUT2D eigenvalue weighted by molar-refractivity contribution is 6.43. The number of hydrogen-bond donors (Lipinski definition) is 10. The number of rotatable bonds is 31.